The summed E-state index contributed by atoms with van der Waals surface area (Å²) in [6.07, 6.45) is 0.182. The molecule has 4 aliphatic rings. The molecule has 0 radical (unpaired) electrons. The third kappa shape index (κ3) is 3.86. The lowest BCUT2D eigenvalue weighted by molar-refractivity contribution is -0.136. The molecule has 4 amide bonds. The van der Waals surface area contributed by atoms with Gasteiger partial charge in [-0.1, -0.05) is 6.07 Å². The zero-order valence-corrected chi connectivity index (χ0v) is 18.8. The number of nitrogens with zero attached hydrogens (tertiary/aromatic N) is 3. The fraction of sp³-hybridized carbons (Fsp3) is 0.524. The lowest BCUT2D eigenvalue weighted by Gasteiger charge is -2.41. The zero-order chi connectivity index (χ0) is 23.3. The van der Waals surface area contributed by atoms with Crippen molar-refractivity contribution in [2.75, 3.05) is 39.3 Å². The van der Waals surface area contributed by atoms with Gasteiger partial charge < -0.3 is 5.32 Å². The van der Waals surface area contributed by atoms with E-state index in [1.165, 1.54) is 0 Å². The number of carbonyl (C=O) groups is 4. The van der Waals surface area contributed by atoms with E-state index in [0.717, 1.165) is 10.5 Å². The van der Waals surface area contributed by atoms with E-state index in [9.17, 15) is 27.6 Å². The van der Waals surface area contributed by atoms with Gasteiger partial charge in [0.1, 0.15) is 11.3 Å². The number of sulfonamides is 1. The third-order valence-corrected chi connectivity index (χ3v) is 8.92. The van der Waals surface area contributed by atoms with Crippen LogP contribution in [0, 0.1) is 0 Å². The van der Waals surface area contributed by atoms with Crippen LogP contribution in [0.4, 0.5) is 0 Å². The molecule has 1 unspecified atom stereocenters. The summed E-state index contributed by atoms with van der Waals surface area (Å²) in [6, 6.07) is 3.96. The van der Waals surface area contributed by atoms with Crippen molar-refractivity contribution < 1.29 is 27.6 Å². The van der Waals surface area contributed by atoms with E-state index in [1.807, 2.05) is 4.90 Å². The smallest absolute Gasteiger partial charge is 0.262 e. The van der Waals surface area contributed by atoms with Gasteiger partial charge in [0.2, 0.25) is 21.8 Å². The van der Waals surface area contributed by atoms with Crippen molar-refractivity contribution in [3.05, 3.63) is 34.9 Å². The Kier molecular flexibility index (Phi) is 5.55. The lowest BCUT2D eigenvalue weighted by atomic mass is 10.0. The molecule has 1 aromatic carbocycles. The lowest BCUT2D eigenvalue weighted by Crippen LogP contribution is -2.59. The number of piperazine rings is 1. The van der Waals surface area contributed by atoms with Crippen molar-refractivity contribution in [2.45, 2.75) is 30.7 Å². The summed E-state index contributed by atoms with van der Waals surface area (Å²) >= 11 is 0. The van der Waals surface area contributed by atoms with Crippen LogP contribution < -0.4 is 10.6 Å². The molecule has 0 spiro atoms. The van der Waals surface area contributed by atoms with E-state index in [4.69, 9.17) is 0 Å². The van der Waals surface area contributed by atoms with Gasteiger partial charge in [0.25, 0.3) is 11.8 Å². The first-order valence-corrected chi connectivity index (χ1v) is 12.5. The first-order valence-electron chi connectivity index (χ1n) is 11.0. The minimum atomic E-state index is -3.32. The van der Waals surface area contributed by atoms with E-state index in [0.29, 0.717) is 45.8 Å². The highest BCUT2D eigenvalue weighted by Gasteiger charge is 2.45. The molecular weight excluding hydrogens is 450 g/mol. The Hall–Kier alpha value is -2.67. The van der Waals surface area contributed by atoms with Gasteiger partial charge >= 0.3 is 0 Å². The van der Waals surface area contributed by atoms with Crippen LogP contribution in [0.1, 0.15) is 39.1 Å². The molecule has 0 aliphatic carbocycles. The summed E-state index contributed by atoms with van der Waals surface area (Å²) in [4.78, 5) is 52.3. The first kappa shape index (κ1) is 22.1. The molecule has 2 N–H and O–H groups in total. The minimum Gasteiger partial charge on any atom is -0.314 e. The van der Waals surface area contributed by atoms with E-state index >= 15 is 0 Å². The molecule has 3 fully saturated rings. The number of piperidine rings is 1. The number of imide groups is 2. The number of fused-ring (bicyclic) bond motifs is 1. The standard InChI is InChI=1S/C21H25N5O6S/c27-18-4-3-17(19(28)23-18)26-20(29)15-2-1-13(9-16(15)21(26)30)10-24-11-14(12-24)33(31,32)25-7-5-22-6-8-25/h1-2,9,14,17,22H,3-8,10-12H2,(H,23,27,28). The summed E-state index contributed by atoms with van der Waals surface area (Å²) in [5.74, 6) is -2.14. The van der Waals surface area contributed by atoms with Gasteiger partial charge in [0.05, 0.1) is 11.1 Å². The molecule has 4 aliphatic heterocycles. The van der Waals surface area contributed by atoms with Crippen molar-refractivity contribution in [2.24, 2.45) is 0 Å². The van der Waals surface area contributed by atoms with Crippen LogP contribution in [0.3, 0.4) is 0 Å². The Bertz CT molecular complexity index is 1140. The van der Waals surface area contributed by atoms with Crippen LogP contribution in [0.15, 0.2) is 18.2 Å². The summed E-state index contributed by atoms with van der Waals surface area (Å²) in [5.41, 5.74) is 1.25. The van der Waals surface area contributed by atoms with Crippen molar-refractivity contribution in [3.63, 3.8) is 0 Å². The number of hydrogen-bond donors (Lipinski definition) is 2. The fourth-order valence-electron chi connectivity index (χ4n) is 4.82. The highest BCUT2D eigenvalue weighted by molar-refractivity contribution is 7.89. The van der Waals surface area contributed by atoms with E-state index < -0.39 is 44.9 Å². The maximum Gasteiger partial charge on any atom is 0.262 e. The van der Waals surface area contributed by atoms with Gasteiger partial charge in [-0.25, -0.2) is 8.42 Å². The van der Waals surface area contributed by atoms with Crippen LogP contribution in [0.2, 0.25) is 0 Å². The molecular formula is C21H25N5O6S. The monoisotopic (exact) mass is 475 g/mol. The van der Waals surface area contributed by atoms with Crippen LogP contribution in [0.25, 0.3) is 0 Å². The second-order valence-electron chi connectivity index (χ2n) is 8.84. The summed E-state index contributed by atoms with van der Waals surface area (Å²) in [5, 5.41) is 4.90. The Morgan fingerprint density at radius 3 is 2.36 bits per heavy atom. The largest absolute Gasteiger partial charge is 0.314 e. The number of benzene rings is 1. The van der Waals surface area contributed by atoms with Crippen LogP contribution >= 0.6 is 0 Å². The third-order valence-electron chi connectivity index (χ3n) is 6.69. The second kappa shape index (κ2) is 8.28. The van der Waals surface area contributed by atoms with Crippen LogP contribution in [-0.2, 0) is 26.2 Å². The van der Waals surface area contributed by atoms with Gasteiger partial charge in [-0.15, -0.1) is 0 Å². The van der Waals surface area contributed by atoms with Crippen molar-refractivity contribution in [1.82, 2.24) is 24.7 Å². The molecule has 4 heterocycles. The summed E-state index contributed by atoms with van der Waals surface area (Å²) in [6.45, 7) is 3.59. The second-order valence-corrected chi connectivity index (χ2v) is 11.1. The van der Waals surface area contributed by atoms with Crippen molar-refractivity contribution >= 4 is 33.7 Å². The molecule has 1 aromatic rings. The molecule has 12 heteroatoms. The van der Waals surface area contributed by atoms with Crippen molar-refractivity contribution in [3.8, 4) is 0 Å². The Labute approximate surface area is 191 Å². The van der Waals surface area contributed by atoms with E-state index in [-0.39, 0.29) is 24.0 Å². The van der Waals surface area contributed by atoms with E-state index in [1.54, 1.807) is 22.5 Å². The van der Waals surface area contributed by atoms with Gasteiger partial charge in [0.15, 0.2) is 0 Å². The Morgan fingerprint density at radius 2 is 1.67 bits per heavy atom. The predicted molar refractivity (Wildman–Crippen MR) is 116 cm³/mol. The molecule has 0 saturated carbocycles. The highest BCUT2D eigenvalue weighted by atomic mass is 32.2. The zero-order valence-electron chi connectivity index (χ0n) is 18.0. The Morgan fingerprint density at radius 1 is 0.970 bits per heavy atom. The fourth-order valence-corrected chi connectivity index (χ4v) is 6.74. The average Bonchev–Trinajstić information content (AvgIpc) is 3.01. The number of carbonyl (C=O) groups excluding carboxylic acids is 4. The van der Waals surface area contributed by atoms with Gasteiger partial charge in [0, 0.05) is 52.2 Å². The number of rotatable bonds is 5. The Balaban J connectivity index is 1.24. The van der Waals surface area contributed by atoms with Crippen LogP contribution in [0.5, 0.6) is 0 Å². The quantitative estimate of drug-likeness (QED) is 0.492. The molecule has 3 saturated heterocycles. The summed E-state index contributed by atoms with van der Waals surface area (Å²) in [7, 11) is -3.32. The molecule has 5 rings (SSSR count). The maximum atomic E-state index is 13.0. The molecule has 0 bridgehead atoms. The topological polar surface area (TPSA) is 136 Å². The summed E-state index contributed by atoms with van der Waals surface area (Å²) < 4.78 is 27.1. The van der Waals surface area contributed by atoms with Crippen LogP contribution in [-0.4, -0.2) is 96.7 Å². The molecule has 33 heavy (non-hydrogen) atoms. The molecule has 1 atom stereocenters. The average molecular weight is 476 g/mol. The first-order chi connectivity index (χ1) is 15.8. The van der Waals surface area contributed by atoms with Gasteiger partial charge in [-0.2, -0.15) is 4.31 Å². The normalized spacial score (nSPS) is 25.2. The van der Waals surface area contributed by atoms with Gasteiger partial charge in [-0.3, -0.25) is 34.3 Å². The number of hydrogen-bond acceptors (Lipinski definition) is 8. The maximum absolute atomic E-state index is 13.0. The highest BCUT2D eigenvalue weighted by Crippen LogP contribution is 2.29. The predicted octanol–water partition coefficient (Wildman–Crippen LogP) is -1.49. The van der Waals surface area contributed by atoms with Gasteiger partial charge in [-0.05, 0) is 24.1 Å². The minimum absolute atomic E-state index is 0.0715. The molecule has 0 aromatic heterocycles. The van der Waals surface area contributed by atoms with E-state index in [2.05, 4.69) is 10.6 Å². The molecule has 176 valence electrons. The number of nitrogens with one attached hydrogen (secondary N) is 2. The van der Waals surface area contributed by atoms with Crippen molar-refractivity contribution in [1.29, 1.82) is 0 Å². The SMILES string of the molecule is O=C1CCC(N2C(=O)c3ccc(CN4CC(S(=O)(=O)N5CCNCC5)C4)cc3C2=O)C(=O)N1. The number of amides is 4. The number of likely N-dealkylation sites (tertiary alicyclic amines) is 1. The molecule has 11 nitrogen and oxygen atoms in total.